The van der Waals surface area contributed by atoms with E-state index >= 15 is 0 Å². The molecule has 0 fully saturated rings. The van der Waals surface area contributed by atoms with E-state index in [0.29, 0.717) is 12.3 Å². The van der Waals surface area contributed by atoms with Gasteiger partial charge >= 0.3 is 0 Å². The third-order valence-corrected chi connectivity index (χ3v) is 3.40. The Labute approximate surface area is 120 Å². The number of rotatable bonds is 6. The molecule has 20 heavy (non-hydrogen) atoms. The van der Waals surface area contributed by atoms with Gasteiger partial charge in [-0.15, -0.1) is 0 Å². The molecule has 2 rings (SSSR count). The van der Waals surface area contributed by atoms with Crippen LogP contribution in [0.2, 0.25) is 0 Å². The van der Waals surface area contributed by atoms with Crippen LogP contribution in [0.1, 0.15) is 43.8 Å². The van der Waals surface area contributed by atoms with E-state index in [9.17, 15) is 5.11 Å². The molecule has 0 amide bonds. The van der Waals surface area contributed by atoms with E-state index in [1.165, 1.54) is 5.56 Å². The van der Waals surface area contributed by atoms with E-state index in [1.54, 1.807) is 6.33 Å². The first-order valence-electron chi connectivity index (χ1n) is 7.24. The molecule has 0 aliphatic rings. The summed E-state index contributed by atoms with van der Waals surface area (Å²) in [6, 6.07) is 8.04. The van der Waals surface area contributed by atoms with Gasteiger partial charge in [0.1, 0.15) is 12.2 Å². The van der Waals surface area contributed by atoms with Gasteiger partial charge in [-0.2, -0.15) is 5.10 Å². The average molecular weight is 273 g/mol. The summed E-state index contributed by atoms with van der Waals surface area (Å²) in [5.74, 6) is 1.35. The third-order valence-electron chi connectivity index (χ3n) is 3.40. The number of benzene rings is 1. The van der Waals surface area contributed by atoms with Crippen LogP contribution in [0.3, 0.4) is 0 Å². The molecule has 0 saturated heterocycles. The molecule has 0 aliphatic carbocycles. The van der Waals surface area contributed by atoms with Crippen molar-refractivity contribution in [2.45, 2.75) is 46.3 Å². The standard InChI is InChI=1S/C16H23N3O/c1-4-13-7-5-6-8-14(13)15(20)9-16-17-11-18-19(16)10-12(2)3/h5-8,11-12,15,20H,4,9-10H2,1-3H3. The van der Waals surface area contributed by atoms with Crippen LogP contribution in [-0.2, 0) is 19.4 Å². The van der Waals surface area contributed by atoms with Crippen molar-refractivity contribution >= 4 is 0 Å². The smallest absolute Gasteiger partial charge is 0.138 e. The van der Waals surface area contributed by atoms with Crippen molar-refractivity contribution in [2.75, 3.05) is 0 Å². The van der Waals surface area contributed by atoms with Crippen molar-refractivity contribution in [2.24, 2.45) is 5.92 Å². The number of aromatic nitrogens is 3. The number of aryl methyl sites for hydroxylation is 1. The molecular formula is C16H23N3O. The van der Waals surface area contributed by atoms with Gasteiger partial charge in [-0.25, -0.2) is 9.67 Å². The number of nitrogens with zero attached hydrogens (tertiary/aromatic N) is 3. The van der Waals surface area contributed by atoms with Crippen LogP contribution in [0.5, 0.6) is 0 Å². The summed E-state index contributed by atoms with van der Waals surface area (Å²) in [5, 5.41) is 14.7. The molecule has 1 unspecified atom stereocenters. The maximum absolute atomic E-state index is 10.5. The van der Waals surface area contributed by atoms with E-state index in [1.807, 2.05) is 22.9 Å². The van der Waals surface area contributed by atoms with Crippen LogP contribution in [0, 0.1) is 5.92 Å². The fraction of sp³-hybridized carbons (Fsp3) is 0.500. The first-order valence-corrected chi connectivity index (χ1v) is 7.24. The largest absolute Gasteiger partial charge is 0.388 e. The maximum atomic E-state index is 10.5. The first-order chi connectivity index (χ1) is 9.61. The second-order valence-electron chi connectivity index (χ2n) is 5.52. The Morgan fingerprint density at radius 3 is 2.70 bits per heavy atom. The van der Waals surface area contributed by atoms with Gasteiger partial charge in [-0.05, 0) is 23.5 Å². The number of hydrogen-bond donors (Lipinski definition) is 1. The summed E-state index contributed by atoms with van der Waals surface area (Å²) >= 11 is 0. The highest BCUT2D eigenvalue weighted by molar-refractivity contribution is 5.29. The first kappa shape index (κ1) is 14.7. The Hall–Kier alpha value is -1.68. The third kappa shape index (κ3) is 3.45. The predicted octanol–water partition coefficient (Wildman–Crippen LogP) is 2.77. The lowest BCUT2D eigenvalue weighted by molar-refractivity contribution is 0.172. The van der Waals surface area contributed by atoms with Crippen molar-refractivity contribution in [1.29, 1.82) is 0 Å². The topological polar surface area (TPSA) is 50.9 Å². The molecule has 0 bridgehead atoms. The lowest BCUT2D eigenvalue weighted by atomic mass is 9.98. The Morgan fingerprint density at radius 2 is 2.00 bits per heavy atom. The fourth-order valence-electron chi connectivity index (χ4n) is 2.41. The molecule has 108 valence electrons. The summed E-state index contributed by atoms with van der Waals surface area (Å²) in [6.07, 6.45) is 2.47. The van der Waals surface area contributed by atoms with Crippen LogP contribution in [0.25, 0.3) is 0 Å². The molecule has 1 heterocycles. The minimum Gasteiger partial charge on any atom is -0.388 e. The van der Waals surface area contributed by atoms with Gasteiger partial charge in [-0.3, -0.25) is 0 Å². The Balaban J connectivity index is 2.15. The van der Waals surface area contributed by atoms with Gasteiger partial charge in [0.25, 0.3) is 0 Å². The summed E-state index contributed by atoms with van der Waals surface area (Å²) in [7, 11) is 0. The Bertz CT molecular complexity index is 548. The monoisotopic (exact) mass is 273 g/mol. The Morgan fingerprint density at radius 1 is 1.25 bits per heavy atom. The summed E-state index contributed by atoms with van der Waals surface area (Å²) in [5.41, 5.74) is 2.18. The van der Waals surface area contributed by atoms with Gasteiger partial charge in [-0.1, -0.05) is 45.0 Å². The zero-order chi connectivity index (χ0) is 14.5. The molecule has 1 atom stereocenters. The second kappa shape index (κ2) is 6.66. The van der Waals surface area contributed by atoms with Gasteiger partial charge < -0.3 is 5.11 Å². The number of aliphatic hydroxyl groups is 1. The molecule has 4 heteroatoms. The SMILES string of the molecule is CCc1ccccc1C(O)Cc1ncnn1CC(C)C. The highest BCUT2D eigenvalue weighted by Gasteiger charge is 2.15. The van der Waals surface area contributed by atoms with E-state index in [4.69, 9.17) is 0 Å². The fourth-order valence-corrected chi connectivity index (χ4v) is 2.41. The summed E-state index contributed by atoms with van der Waals surface area (Å²) in [4.78, 5) is 4.28. The molecule has 2 aromatic rings. The number of aliphatic hydroxyl groups excluding tert-OH is 1. The van der Waals surface area contributed by atoms with Crippen LogP contribution in [0.4, 0.5) is 0 Å². The van der Waals surface area contributed by atoms with Crippen molar-refractivity contribution in [3.05, 3.63) is 47.5 Å². The second-order valence-corrected chi connectivity index (χ2v) is 5.52. The highest BCUT2D eigenvalue weighted by atomic mass is 16.3. The van der Waals surface area contributed by atoms with Gasteiger partial charge in [0.05, 0.1) is 6.10 Å². The maximum Gasteiger partial charge on any atom is 0.138 e. The number of hydrogen-bond acceptors (Lipinski definition) is 3. The molecule has 1 aromatic carbocycles. The zero-order valence-electron chi connectivity index (χ0n) is 12.5. The van der Waals surface area contributed by atoms with E-state index in [0.717, 1.165) is 24.4 Å². The molecular weight excluding hydrogens is 250 g/mol. The van der Waals surface area contributed by atoms with Gasteiger partial charge in [0.15, 0.2) is 0 Å². The van der Waals surface area contributed by atoms with Crippen LogP contribution in [0.15, 0.2) is 30.6 Å². The van der Waals surface area contributed by atoms with Gasteiger partial charge in [0.2, 0.25) is 0 Å². The van der Waals surface area contributed by atoms with Crippen molar-refractivity contribution in [3.8, 4) is 0 Å². The quantitative estimate of drug-likeness (QED) is 0.880. The van der Waals surface area contributed by atoms with Crippen molar-refractivity contribution in [1.82, 2.24) is 14.8 Å². The predicted molar refractivity (Wildman–Crippen MR) is 79.3 cm³/mol. The normalized spacial score (nSPS) is 12.8. The molecule has 4 nitrogen and oxygen atoms in total. The average Bonchev–Trinajstić information content (AvgIpc) is 2.85. The lowest BCUT2D eigenvalue weighted by Gasteiger charge is -2.15. The highest BCUT2D eigenvalue weighted by Crippen LogP contribution is 2.21. The van der Waals surface area contributed by atoms with Crippen LogP contribution < -0.4 is 0 Å². The van der Waals surface area contributed by atoms with E-state index in [2.05, 4.69) is 36.9 Å². The van der Waals surface area contributed by atoms with E-state index in [-0.39, 0.29) is 0 Å². The van der Waals surface area contributed by atoms with E-state index < -0.39 is 6.10 Å². The lowest BCUT2D eigenvalue weighted by Crippen LogP contribution is -2.14. The summed E-state index contributed by atoms with van der Waals surface area (Å²) in [6.45, 7) is 7.23. The minimum atomic E-state index is -0.527. The molecule has 0 aliphatic heterocycles. The molecule has 0 spiro atoms. The zero-order valence-corrected chi connectivity index (χ0v) is 12.5. The van der Waals surface area contributed by atoms with Crippen molar-refractivity contribution in [3.63, 3.8) is 0 Å². The van der Waals surface area contributed by atoms with Crippen molar-refractivity contribution < 1.29 is 5.11 Å². The van der Waals surface area contributed by atoms with Crippen LogP contribution >= 0.6 is 0 Å². The molecule has 0 saturated carbocycles. The minimum absolute atomic E-state index is 0.504. The Kier molecular flexibility index (Phi) is 4.90. The van der Waals surface area contributed by atoms with Gasteiger partial charge in [0, 0.05) is 13.0 Å². The molecule has 0 radical (unpaired) electrons. The molecule has 1 aromatic heterocycles. The molecule has 1 N–H and O–H groups in total. The summed E-state index contributed by atoms with van der Waals surface area (Å²) < 4.78 is 1.89. The van der Waals surface area contributed by atoms with Crippen LogP contribution in [-0.4, -0.2) is 19.9 Å².